The van der Waals surface area contributed by atoms with E-state index in [1.165, 1.54) is 5.69 Å². The van der Waals surface area contributed by atoms with Crippen LogP contribution in [0.25, 0.3) is 10.9 Å². The van der Waals surface area contributed by atoms with Crippen LogP contribution in [0, 0.1) is 0 Å². The lowest BCUT2D eigenvalue weighted by Gasteiger charge is -2.24. The van der Waals surface area contributed by atoms with Gasteiger partial charge in [-0.3, -0.25) is 10.8 Å². The first-order valence-corrected chi connectivity index (χ1v) is 7.53. The summed E-state index contributed by atoms with van der Waals surface area (Å²) in [5.74, 6) is 5.78. The summed E-state index contributed by atoms with van der Waals surface area (Å²) in [7, 11) is 0. The number of nitrogens with one attached hydrogen (secondary N) is 1. The van der Waals surface area contributed by atoms with E-state index in [1.807, 2.05) is 0 Å². The predicted octanol–water partition coefficient (Wildman–Crippen LogP) is 2.44. The van der Waals surface area contributed by atoms with Crippen LogP contribution in [0.15, 0.2) is 18.2 Å². The van der Waals surface area contributed by atoms with E-state index in [0.29, 0.717) is 6.61 Å². The van der Waals surface area contributed by atoms with Gasteiger partial charge in [0.25, 0.3) is 0 Å². The average molecular weight is 286 g/mol. The van der Waals surface area contributed by atoms with Crippen LogP contribution in [0.4, 0.5) is 11.4 Å². The van der Waals surface area contributed by atoms with Crippen LogP contribution in [-0.4, -0.2) is 24.7 Å². The zero-order chi connectivity index (χ0) is 14.8. The van der Waals surface area contributed by atoms with E-state index in [4.69, 9.17) is 15.6 Å². The Labute approximate surface area is 125 Å². The van der Waals surface area contributed by atoms with Gasteiger partial charge in [-0.1, -0.05) is 0 Å². The number of hydrogen-bond donors (Lipinski definition) is 2. The summed E-state index contributed by atoms with van der Waals surface area (Å²) in [5, 5.41) is 1.06. The van der Waals surface area contributed by atoms with Gasteiger partial charge in [0.15, 0.2) is 0 Å². The number of hydrogen-bond acceptors (Lipinski definition) is 5. The van der Waals surface area contributed by atoms with Crippen molar-refractivity contribution in [1.29, 1.82) is 0 Å². The number of benzene rings is 1. The number of nitrogen functional groups attached to an aromatic ring is 1. The van der Waals surface area contributed by atoms with Gasteiger partial charge in [0.1, 0.15) is 0 Å². The second kappa shape index (κ2) is 5.87. The van der Waals surface area contributed by atoms with E-state index >= 15 is 0 Å². The first kappa shape index (κ1) is 14.1. The van der Waals surface area contributed by atoms with Gasteiger partial charge in [-0.25, -0.2) is 0 Å². The molecule has 0 fully saturated rings. The Balaban J connectivity index is 2.19. The molecule has 0 saturated heterocycles. The number of anilines is 2. The quantitative estimate of drug-likeness (QED) is 0.667. The smallest absolute Gasteiger partial charge is 0.0755 e. The van der Waals surface area contributed by atoms with Crippen molar-refractivity contribution in [3.8, 4) is 0 Å². The molecule has 1 aliphatic heterocycles. The zero-order valence-electron chi connectivity index (χ0n) is 12.6. The first-order valence-electron chi connectivity index (χ1n) is 7.53. The lowest BCUT2D eigenvalue weighted by atomic mass is 10.0. The van der Waals surface area contributed by atoms with Crippen molar-refractivity contribution in [3.05, 3.63) is 29.5 Å². The van der Waals surface area contributed by atoms with Crippen LogP contribution in [0.5, 0.6) is 0 Å². The summed E-state index contributed by atoms with van der Waals surface area (Å²) >= 11 is 0. The molecule has 0 radical (unpaired) electrons. The molecule has 3 rings (SSSR count). The fourth-order valence-electron chi connectivity index (χ4n) is 3.00. The Morgan fingerprint density at radius 3 is 2.86 bits per heavy atom. The van der Waals surface area contributed by atoms with Crippen LogP contribution in [0.2, 0.25) is 0 Å². The second-order valence-corrected chi connectivity index (χ2v) is 5.23. The Bertz CT molecular complexity index is 652. The van der Waals surface area contributed by atoms with E-state index in [2.05, 4.69) is 42.4 Å². The molecule has 1 aromatic carbocycles. The molecule has 0 amide bonds. The maximum atomic E-state index is 5.78. The largest absolute Gasteiger partial charge is 0.376 e. The van der Waals surface area contributed by atoms with Gasteiger partial charge in [0.2, 0.25) is 0 Å². The number of nitrogens with two attached hydrogens (primary N) is 1. The van der Waals surface area contributed by atoms with E-state index in [0.717, 1.165) is 54.0 Å². The number of hydrazine groups is 1. The molecule has 21 heavy (non-hydrogen) atoms. The first-order chi connectivity index (χ1) is 10.3. The standard InChI is InChI=1S/C16H22N4O/c1-3-20(4-2)11-5-6-14-12(9-11)16(19-17)13-10-21-8-7-15(13)18-14/h5-6,9H,3-4,7-8,10,17H2,1-2H3,(H,18,19). The number of pyridine rings is 1. The number of aromatic nitrogens is 1. The molecule has 3 N–H and O–H groups in total. The number of fused-ring (bicyclic) bond motifs is 2. The lowest BCUT2D eigenvalue weighted by molar-refractivity contribution is 0.110. The molecule has 112 valence electrons. The molecule has 0 saturated carbocycles. The minimum Gasteiger partial charge on any atom is -0.376 e. The second-order valence-electron chi connectivity index (χ2n) is 5.23. The minimum atomic E-state index is 0.577. The molecule has 1 aromatic heterocycles. The van der Waals surface area contributed by atoms with Crippen LogP contribution in [0.1, 0.15) is 25.1 Å². The molecule has 0 aliphatic carbocycles. The molecule has 0 spiro atoms. The van der Waals surface area contributed by atoms with Crippen molar-refractivity contribution in [2.45, 2.75) is 26.9 Å². The Kier molecular flexibility index (Phi) is 3.94. The highest BCUT2D eigenvalue weighted by molar-refractivity contribution is 5.95. The molecular formula is C16H22N4O. The minimum absolute atomic E-state index is 0.577. The van der Waals surface area contributed by atoms with E-state index in [1.54, 1.807) is 0 Å². The fourth-order valence-corrected chi connectivity index (χ4v) is 3.00. The third-order valence-corrected chi connectivity index (χ3v) is 4.16. The van der Waals surface area contributed by atoms with Gasteiger partial charge in [-0.15, -0.1) is 0 Å². The highest BCUT2D eigenvalue weighted by atomic mass is 16.5. The van der Waals surface area contributed by atoms with Crippen molar-refractivity contribution in [2.75, 3.05) is 30.0 Å². The summed E-state index contributed by atoms with van der Waals surface area (Å²) in [6.45, 7) is 7.59. The zero-order valence-corrected chi connectivity index (χ0v) is 12.6. The molecule has 0 bridgehead atoms. The normalized spacial score (nSPS) is 14.0. The SMILES string of the molecule is CCN(CC)c1ccc2nc3c(c(NN)c2c1)COCC3. The molecular weight excluding hydrogens is 264 g/mol. The van der Waals surface area contributed by atoms with E-state index < -0.39 is 0 Å². The lowest BCUT2D eigenvalue weighted by Crippen LogP contribution is -2.22. The summed E-state index contributed by atoms with van der Waals surface area (Å²) in [6.07, 6.45) is 0.845. The molecule has 2 heterocycles. The third-order valence-electron chi connectivity index (χ3n) is 4.16. The maximum absolute atomic E-state index is 5.78. The van der Waals surface area contributed by atoms with Gasteiger partial charge in [-0.05, 0) is 32.0 Å². The summed E-state index contributed by atoms with van der Waals surface area (Å²) in [5.41, 5.74) is 8.18. The monoisotopic (exact) mass is 286 g/mol. The average Bonchev–Trinajstić information content (AvgIpc) is 2.53. The van der Waals surface area contributed by atoms with Crippen molar-refractivity contribution in [2.24, 2.45) is 5.84 Å². The van der Waals surface area contributed by atoms with Crippen LogP contribution in [0.3, 0.4) is 0 Å². The number of nitrogens with zero attached hydrogens (tertiary/aromatic N) is 2. The van der Waals surface area contributed by atoms with Crippen LogP contribution >= 0.6 is 0 Å². The fraction of sp³-hybridized carbons (Fsp3) is 0.438. The Hall–Kier alpha value is -1.85. The van der Waals surface area contributed by atoms with Gasteiger partial charge in [-0.2, -0.15) is 0 Å². The van der Waals surface area contributed by atoms with Gasteiger partial charge >= 0.3 is 0 Å². The predicted molar refractivity (Wildman–Crippen MR) is 86.5 cm³/mol. The van der Waals surface area contributed by atoms with Crippen molar-refractivity contribution >= 4 is 22.3 Å². The molecule has 5 heteroatoms. The van der Waals surface area contributed by atoms with Gasteiger partial charge in [0, 0.05) is 36.1 Å². The van der Waals surface area contributed by atoms with Gasteiger partial charge in [0.05, 0.1) is 30.1 Å². The van der Waals surface area contributed by atoms with Gasteiger partial charge < -0.3 is 15.1 Å². The topological polar surface area (TPSA) is 63.4 Å². The molecule has 1 aliphatic rings. The van der Waals surface area contributed by atoms with Crippen LogP contribution < -0.4 is 16.2 Å². The van der Waals surface area contributed by atoms with E-state index in [-0.39, 0.29) is 0 Å². The molecule has 2 aromatic rings. The molecule has 0 atom stereocenters. The highest BCUT2D eigenvalue weighted by Gasteiger charge is 2.18. The Morgan fingerprint density at radius 1 is 1.33 bits per heavy atom. The molecule has 0 unspecified atom stereocenters. The van der Waals surface area contributed by atoms with Crippen molar-refractivity contribution in [3.63, 3.8) is 0 Å². The number of rotatable bonds is 4. The Morgan fingerprint density at radius 2 is 2.14 bits per heavy atom. The van der Waals surface area contributed by atoms with E-state index in [9.17, 15) is 0 Å². The third kappa shape index (κ3) is 2.43. The summed E-state index contributed by atoms with van der Waals surface area (Å²) in [4.78, 5) is 7.10. The van der Waals surface area contributed by atoms with Crippen molar-refractivity contribution in [1.82, 2.24) is 4.98 Å². The maximum Gasteiger partial charge on any atom is 0.0755 e. The van der Waals surface area contributed by atoms with Crippen molar-refractivity contribution < 1.29 is 4.74 Å². The molecule has 5 nitrogen and oxygen atoms in total. The summed E-state index contributed by atoms with van der Waals surface area (Å²) < 4.78 is 5.56. The number of ether oxygens (including phenoxy) is 1. The van der Waals surface area contributed by atoms with Crippen LogP contribution in [-0.2, 0) is 17.8 Å². The highest BCUT2D eigenvalue weighted by Crippen LogP contribution is 2.33. The summed E-state index contributed by atoms with van der Waals surface area (Å²) in [6, 6.07) is 6.38.